The van der Waals surface area contributed by atoms with Crippen molar-refractivity contribution in [1.82, 2.24) is 5.43 Å². The van der Waals surface area contributed by atoms with Crippen LogP contribution in [0.2, 0.25) is 0 Å². The van der Waals surface area contributed by atoms with E-state index in [0.29, 0.717) is 5.11 Å². The molecule has 3 N–H and O–H groups in total. The smallest absolute Gasteiger partial charge is 0.184 e. The first-order valence-corrected chi connectivity index (χ1v) is 6.81. The summed E-state index contributed by atoms with van der Waals surface area (Å²) in [5.41, 5.74) is 9.75. The van der Waals surface area contributed by atoms with Crippen LogP contribution in [0.15, 0.2) is 5.10 Å². The number of hydrogen-bond acceptors (Lipinski definition) is 2. The highest BCUT2D eigenvalue weighted by molar-refractivity contribution is 7.80. The van der Waals surface area contributed by atoms with E-state index in [4.69, 9.17) is 18.0 Å². The standard InChI is InChI=1S/C12H15N3S/c13-12(16)15-14-11-8-4-2-5-7-3(4)1-6(8)9(7)10(5)11/h3-10H,1-2H2,(H3,13,15,16). The van der Waals surface area contributed by atoms with E-state index >= 15 is 0 Å². The molecule has 0 aromatic rings. The highest BCUT2D eigenvalue weighted by Crippen LogP contribution is 2.81. The highest BCUT2D eigenvalue weighted by Gasteiger charge is 2.79. The summed E-state index contributed by atoms with van der Waals surface area (Å²) in [4.78, 5) is 0. The van der Waals surface area contributed by atoms with Gasteiger partial charge in [0.25, 0.3) is 0 Å². The minimum atomic E-state index is 0.311. The SMILES string of the molecule is NC(=S)NN=C1C2C3CC4C1C1C2CC3C41. The zero-order valence-electron chi connectivity index (χ0n) is 8.97. The third-order valence-corrected chi connectivity index (χ3v) is 6.43. The molecule has 0 spiro atoms. The van der Waals surface area contributed by atoms with Gasteiger partial charge in [-0.3, -0.25) is 5.43 Å². The van der Waals surface area contributed by atoms with Gasteiger partial charge in [-0.25, -0.2) is 0 Å². The molecule has 5 fully saturated rings. The second-order valence-electron chi connectivity index (χ2n) is 6.35. The summed E-state index contributed by atoms with van der Waals surface area (Å²) in [6, 6.07) is 0. The molecule has 5 aliphatic rings. The molecule has 84 valence electrons. The van der Waals surface area contributed by atoms with Crippen LogP contribution in [0.25, 0.3) is 0 Å². The monoisotopic (exact) mass is 233 g/mol. The van der Waals surface area contributed by atoms with Crippen LogP contribution in [0, 0.1) is 47.3 Å². The molecular formula is C12H15N3S. The molecule has 0 aromatic carbocycles. The summed E-state index contributed by atoms with van der Waals surface area (Å²) in [5.74, 6) is 7.72. The van der Waals surface area contributed by atoms with Crippen LogP contribution < -0.4 is 11.2 Å². The minimum Gasteiger partial charge on any atom is -0.375 e. The zero-order valence-corrected chi connectivity index (χ0v) is 9.78. The lowest BCUT2D eigenvalue weighted by Crippen LogP contribution is -2.44. The number of nitrogens with zero attached hydrogens (tertiary/aromatic N) is 1. The number of thiocarbonyl (C=S) groups is 1. The van der Waals surface area contributed by atoms with Crippen molar-refractivity contribution >= 4 is 23.0 Å². The number of fused-ring (bicyclic) bond motifs is 2. The van der Waals surface area contributed by atoms with Crippen LogP contribution in [-0.2, 0) is 0 Å². The van der Waals surface area contributed by atoms with Crippen LogP contribution >= 0.6 is 12.2 Å². The molecule has 0 aliphatic heterocycles. The van der Waals surface area contributed by atoms with Crippen molar-refractivity contribution in [3.05, 3.63) is 0 Å². The number of nitrogens with two attached hydrogens (primary N) is 1. The average Bonchev–Trinajstić information content (AvgIpc) is 2.72. The highest BCUT2D eigenvalue weighted by atomic mass is 32.1. The first-order chi connectivity index (χ1) is 7.77. The summed E-state index contributed by atoms with van der Waals surface area (Å²) < 4.78 is 0. The van der Waals surface area contributed by atoms with Crippen LogP contribution in [0.5, 0.6) is 0 Å². The fraction of sp³-hybridized carbons (Fsp3) is 0.833. The van der Waals surface area contributed by atoms with Gasteiger partial charge < -0.3 is 5.73 Å². The molecule has 8 atom stereocenters. The molecule has 0 aromatic heterocycles. The van der Waals surface area contributed by atoms with E-state index in [9.17, 15) is 0 Å². The van der Waals surface area contributed by atoms with Gasteiger partial charge in [-0.2, -0.15) is 5.10 Å². The molecule has 0 saturated heterocycles. The quantitative estimate of drug-likeness (QED) is 0.524. The molecule has 8 unspecified atom stereocenters. The van der Waals surface area contributed by atoms with Crippen LogP contribution in [-0.4, -0.2) is 10.8 Å². The van der Waals surface area contributed by atoms with E-state index in [-0.39, 0.29) is 0 Å². The van der Waals surface area contributed by atoms with Crippen molar-refractivity contribution in [2.75, 3.05) is 0 Å². The number of hydrogen-bond donors (Lipinski definition) is 2. The lowest BCUT2D eigenvalue weighted by Gasteiger charge is -2.44. The topological polar surface area (TPSA) is 50.4 Å². The lowest BCUT2D eigenvalue weighted by molar-refractivity contribution is 0.0503. The number of hydrazone groups is 1. The number of rotatable bonds is 1. The third-order valence-electron chi connectivity index (χ3n) is 6.34. The van der Waals surface area contributed by atoms with Crippen molar-refractivity contribution in [3.63, 3.8) is 0 Å². The van der Waals surface area contributed by atoms with E-state index in [1.165, 1.54) is 18.6 Å². The second kappa shape index (κ2) is 2.30. The van der Waals surface area contributed by atoms with Crippen molar-refractivity contribution in [2.45, 2.75) is 12.8 Å². The van der Waals surface area contributed by atoms with Crippen molar-refractivity contribution in [1.29, 1.82) is 0 Å². The Kier molecular flexibility index (Phi) is 1.22. The molecule has 0 radical (unpaired) electrons. The summed E-state index contributed by atoms with van der Waals surface area (Å²) in [6.45, 7) is 0. The first-order valence-electron chi connectivity index (χ1n) is 6.40. The Labute approximate surface area is 99.8 Å². The van der Waals surface area contributed by atoms with Gasteiger partial charge in [-0.05, 0) is 60.6 Å². The van der Waals surface area contributed by atoms with Crippen molar-refractivity contribution < 1.29 is 0 Å². The largest absolute Gasteiger partial charge is 0.375 e. The molecule has 2 bridgehead atoms. The molecular weight excluding hydrogens is 218 g/mol. The van der Waals surface area contributed by atoms with E-state index in [2.05, 4.69) is 10.5 Å². The van der Waals surface area contributed by atoms with Gasteiger partial charge in [0.15, 0.2) is 5.11 Å². The second-order valence-corrected chi connectivity index (χ2v) is 6.79. The Hall–Kier alpha value is -0.640. The van der Waals surface area contributed by atoms with Crippen molar-refractivity contribution in [2.24, 2.45) is 58.2 Å². The molecule has 5 rings (SSSR count). The Morgan fingerprint density at radius 2 is 1.88 bits per heavy atom. The van der Waals surface area contributed by atoms with Gasteiger partial charge >= 0.3 is 0 Å². The summed E-state index contributed by atoms with van der Waals surface area (Å²) in [5, 5.41) is 4.85. The van der Waals surface area contributed by atoms with E-state index in [1.54, 1.807) is 0 Å². The predicted octanol–water partition coefficient (Wildman–Crippen LogP) is 0.953. The average molecular weight is 233 g/mol. The molecule has 16 heavy (non-hydrogen) atoms. The first kappa shape index (κ1) is 8.45. The fourth-order valence-corrected chi connectivity index (χ4v) is 6.45. The summed E-state index contributed by atoms with van der Waals surface area (Å²) in [6.07, 6.45) is 3.01. The molecule has 5 aliphatic carbocycles. The van der Waals surface area contributed by atoms with E-state index in [0.717, 1.165) is 47.3 Å². The Morgan fingerprint density at radius 1 is 1.12 bits per heavy atom. The normalized spacial score (nSPS) is 64.4. The van der Waals surface area contributed by atoms with Crippen LogP contribution in [0.1, 0.15) is 12.8 Å². The maximum atomic E-state index is 5.47. The molecule has 0 heterocycles. The molecule has 0 amide bonds. The maximum absolute atomic E-state index is 5.47. The van der Waals surface area contributed by atoms with Gasteiger partial charge in [0.1, 0.15) is 0 Å². The molecule has 5 saturated carbocycles. The predicted molar refractivity (Wildman–Crippen MR) is 64.5 cm³/mol. The van der Waals surface area contributed by atoms with Gasteiger partial charge in [0.05, 0.1) is 0 Å². The Bertz CT molecular complexity index is 440. The zero-order chi connectivity index (χ0) is 10.6. The molecule has 3 nitrogen and oxygen atoms in total. The Balaban J connectivity index is 1.60. The van der Waals surface area contributed by atoms with Gasteiger partial charge in [-0.15, -0.1) is 0 Å². The van der Waals surface area contributed by atoms with Crippen LogP contribution in [0.3, 0.4) is 0 Å². The van der Waals surface area contributed by atoms with Gasteiger partial charge in [-0.1, -0.05) is 0 Å². The van der Waals surface area contributed by atoms with Crippen LogP contribution in [0.4, 0.5) is 0 Å². The van der Waals surface area contributed by atoms with Gasteiger partial charge in [0, 0.05) is 17.5 Å². The number of nitrogens with one attached hydrogen (secondary N) is 1. The molecule has 4 heteroatoms. The minimum absolute atomic E-state index is 0.311. The maximum Gasteiger partial charge on any atom is 0.184 e. The fourth-order valence-electron chi connectivity index (χ4n) is 6.40. The summed E-state index contributed by atoms with van der Waals surface area (Å²) in [7, 11) is 0. The summed E-state index contributed by atoms with van der Waals surface area (Å²) >= 11 is 4.84. The van der Waals surface area contributed by atoms with Gasteiger partial charge in [0.2, 0.25) is 0 Å². The van der Waals surface area contributed by atoms with Crippen molar-refractivity contribution in [3.8, 4) is 0 Å². The van der Waals surface area contributed by atoms with E-state index in [1.807, 2.05) is 0 Å². The third kappa shape index (κ3) is 0.643. The Morgan fingerprint density at radius 3 is 2.69 bits per heavy atom. The lowest BCUT2D eigenvalue weighted by atomic mass is 9.59. The van der Waals surface area contributed by atoms with E-state index < -0.39 is 0 Å².